The number of benzene rings is 2. The summed E-state index contributed by atoms with van der Waals surface area (Å²) in [5.74, 6) is 0.667. The number of hydrogen-bond acceptors (Lipinski definition) is 2. The van der Waals surface area contributed by atoms with Gasteiger partial charge in [-0.2, -0.15) is 0 Å². The fourth-order valence-corrected chi connectivity index (χ4v) is 2.50. The molecule has 1 heterocycles. The summed E-state index contributed by atoms with van der Waals surface area (Å²) in [5.41, 5.74) is 3.35. The average molecular weight is 308 g/mol. The number of fused-ring (bicyclic) bond motifs is 1. The Morgan fingerprint density at radius 3 is 2.65 bits per heavy atom. The molecule has 3 rings (SSSR count). The number of hydrogen-bond donors (Lipinski definition) is 1. The van der Waals surface area contributed by atoms with Crippen LogP contribution in [-0.2, 0) is 11.3 Å². The zero-order valence-corrected chi connectivity index (χ0v) is 13.4. The number of aryl methyl sites for hydroxylation is 1. The SMILES string of the molecule is Cc1ccc(OCC(=O)N(C)Cc2c[nH]c3ccccc23)cc1. The van der Waals surface area contributed by atoms with Gasteiger partial charge < -0.3 is 14.6 Å². The summed E-state index contributed by atoms with van der Waals surface area (Å²) in [5, 5.41) is 1.15. The maximum atomic E-state index is 12.2. The first-order chi connectivity index (χ1) is 11.1. The second kappa shape index (κ2) is 6.57. The Hall–Kier alpha value is -2.75. The summed E-state index contributed by atoms with van der Waals surface area (Å²) in [7, 11) is 1.79. The molecular formula is C19H20N2O2. The molecule has 4 nitrogen and oxygen atoms in total. The Labute approximate surface area is 135 Å². The number of nitrogens with zero attached hydrogens (tertiary/aromatic N) is 1. The number of aromatic amines is 1. The fourth-order valence-electron chi connectivity index (χ4n) is 2.50. The first kappa shape index (κ1) is 15.2. The van der Waals surface area contributed by atoms with E-state index in [1.165, 1.54) is 5.56 Å². The smallest absolute Gasteiger partial charge is 0.260 e. The largest absolute Gasteiger partial charge is 0.484 e. The third-order valence-electron chi connectivity index (χ3n) is 3.89. The lowest BCUT2D eigenvalue weighted by Crippen LogP contribution is -2.30. The van der Waals surface area contributed by atoms with Gasteiger partial charge in [-0.25, -0.2) is 0 Å². The van der Waals surface area contributed by atoms with Gasteiger partial charge in [-0.3, -0.25) is 4.79 Å². The van der Waals surface area contributed by atoms with Crippen LogP contribution in [0.5, 0.6) is 5.75 Å². The second-order valence-electron chi connectivity index (χ2n) is 5.71. The van der Waals surface area contributed by atoms with E-state index in [1.807, 2.05) is 55.6 Å². The van der Waals surface area contributed by atoms with Crippen LogP contribution in [0.2, 0.25) is 0 Å². The van der Waals surface area contributed by atoms with Crippen LogP contribution in [0.3, 0.4) is 0 Å². The molecule has 0 aliphatic carbocycles. The summed E-state index contributed by atoms with van der Waals surface area (Å²) >= 11 is 0. The minimum atomic E-state index is -0.0455. The Morgan fingerprint density at radius 1 is 1.13 bits per heavy atom. The maximum Gasteiger partial charge on any atom is 0.260 e. The Bertz CT molecular complexity index is 806. The quantitative estimate of drug-likeness (QED) is 0.784. The first-order valence-electron chi connectivity index (χ1n) is 7.62. The third kappa shape index (κ3) is 3.54. The molecule has 0 spiro atoms. The van der Waals surface area contributed by atoms with Gasteiger partial charge in [-0.1, -0.05) is 35.9 Å². The van der Waals surface area contributed by atoms with E-state index in [2.05, 4.69) is 11.1 Å². The van der Waals surface area contributed by atoms with Crippen LogP contribution in [0.15, 0.2) is 54.7 Å². The number of para-hydroxylation sites is 1. The van der Waals surface area contributed by atoms with Crippen LogP contribution in [-0.4, -0.2) is 29.4 Å². The minimum absolute atomic E-state index is 0.0436. The lowest BCUT2D eigenvalue weighted by atomic mass is 10.1. The molecule has 1 amide bonds. The molecule has 0 bridgehead atoms. The molecule has 0 unspecified atom stereocenters. The Morgan fingerprint density at radius 2 is 1.87 bits per heavy atom. The zero-order chi connectivity index (χ0) is 16.2. The van der Waals surface area contributed by atoms with Crippen molar-refractivity contribution >= 4 is 16.8 Å². The Balaban J connectivity index is 1.60. The normalized spacial score (nSPS) is 10.7. The average Bonchev–Trinajstić information content (AvgIpc) is 2.97. The van der Waals surface area contributed by atoms with E-state index in [9.17, 15) is 4.79 Å². The molecule has 3 aromatic rings. The highest BCUT2D eigenvalue weighted by atomic mass is 16.5. The first-order valence-corrected chi connectivity index (χ1v) is 7.62. The number of aromatic nitrogens is 1. The van der Waals surface area contributed by atoms with Crippen molar-refractivity contribution in [3.8, 4) is 5.75 Å². The van der Waals surface area contributed by atoms with Gasteiger partial charge in [-0.05, 0) is 30.7 Å². The minimum Gasteiger partial charge on any atom is -0.484 e. The summed E-state index contributed by atoms with van der Waals surface area (Å²) in [6.45, 7) is 2.62. The third-order valence-corrected chi connectivity index (χ3v) is 3.89. The van der Waals surface area contributed by atoms with E-state index in [0.717, 1.165) is 16.5 Å². The van der Waals surface area contributed by atoms with Gasteiger partial charge in [0, 0.05) is 30.7 Å². The van der Waals surface area contributed by atoms with Gasteiger partial charge in [0.15, 0.2) is 6.61 Å². The van der Waals surface area contributed by atoms with Crippen molar-refractivity contribution in [2.75, 3.05) is 13.7 Å². The highest BCUT2D eigenvalue weighted by Gasteiger charge is 2.12. The van der Waals surface area contributed by atoms with E-state index in [-0.39, 0.29) is 12.5 Å². The zero-order valence-electron chi connectivity index (χ0n) is 13.4. The van der Waals surface area contributed by atoms with E-state index < -0.39 is 0 Å². The van der Waals surface area contributed by atoms with Crippen LogP contribution in [0.1, 0.15) is 11.1 Å². The predicted molar refractivity (Wildman–Crippen MR) is 91.4 cm³/mol. The van der Waals surface area contributed by atoms with Crippen molar-refractivity contribution in [3.63, 3.8) is 0 Å². The Kier molecular flexibility index (Phi) is 4.33. The highest BCUT2D eigenvalue weighted by Crippen LogP contribution is 2.19. The summed E-state index contributed by atoms with van der Waals surface area (Å²) in [6.07, 6.45) is 1.95. The van der Waals surface area contributed by atoms with Crippen molar-refractivity contribution in [2.24, 2.45) is 0 Å². The van der Waals surface area contributed by atoms with Gasteiger partial charge in [0.25, 0.3) is 5.91 Å². The molecule has 1 N–H and O–H groups in total. The lowest BCUT2D eigenvalue weighted by Gasteiger charge is -2.17. The number of H-pyrrole nitrogens is 1. The number of carbonyl (C=O) groups excluding carboxylic acids is 1. The summed E-state index contributed by atoms with van der Waals surface area (Å²) < 4.78 is 5.55. The molecule has 4 heteroatoms. The molecular weight excluding hydrogens is 288 g/mol. The second-order valence-corrected chi connectivity index (χ2v) is 5.71. The highest BCUT2D eigenvalue weighted by molar-refractivity contribution is 5.84. The molecule has 118 valence electrons. The van der Waals surface area contributed by atoms with Crippen LogP contribution in [0.4, 0.5) is 0 Å². The van der Waals surface area contributed by atoms with Crippen molar-refractivity contribution in [2.45, 2.75) is 13.5 Å². The van der Waals surface area contributed by atoms with Crippen LogP contribution >= 0.6 is 0 Å². The lowest BCUT2D eigenvalue weighted by molar-refractivity contribution is -0.132. The number of nitrogens with one attached hydrogen (secondary N) is 1. The predicted octanol–water partition coefficient (Wildman–Crippen LogP) is 3.51. The molecule has 0 saturated carbocycles. The number of ether oxygens (including phenoxy) is 1. The standard InChI is InChI=1S/C19H20N2O2/c1-14-7-9-16(10-8-14)23-13-19(22)21(2)12-15-11-20-18-6-4-3-5-17(15)18/h3-11,20H,12-13H2,1-2H3. The molecule has 0 saturated heterocycles. The van der Waals surface area contributed by atoms with E-state index in [0.29, 0.717) is 12.3 Å². The van der Waals surface area contributed by atoms with Gasteiger partial charge in [0.05, 0.1) is 0 Å². The molecule has 0 aliphatic heterocycles. The number of amides is 1. The topological polar surface area (TPSA) is 45.3 Å². The van der Waals surface area contributed by atoms with Gasteiger partial charge in [0.1, 0.15) is 5.75 Å². The molecule has 0 radical (unpaired) electrons. The van der Waals surface area contributed by atoms with E-state index >= 15 is 0 Å². The van der Waals surface area contributed by atoms with Crippen LogP contribution in [0, 0.1) is 6.92 Å². The molecule has 0 aliphatic rings. The number of rotatable bonds is 5. The van der Waals surface area contributed by atoms with E-state index in [4.69, 9.17) is 4.74 Å². The molecule has 0 fully saturated rings. The maximum absolute atomic E-state index is 12.2. The number of likely N-dealkylation sites (N-methyl/N-ethyl adjacent to an activating group) is 1. The number of carbonyl (C=O) groups is 1. The van der Waals surface area contributed by atoms with Gasteiger partial charge >= 0.3 is 0 Å². The molecule has 2 aromatic carbocycles. The van der Waals surface area contributed by atoms with Crippen molar-refractivity contribution < 1.29 is 9.53 Å². The molecule has 0 atom stereocenters. The summed E-state index contributed by atoms with van der Waals surface area (Å²) in [4.78, 5) is 17.1. The van der Waals surface area contributed by atoms with Crippen LogP contribution in [0.25, 0.3) is 10.9 Å². The van der Waals surface area contributed by atoms with Gasteiger partial charge in [0.2, 0.25) is 0 Å². The van der Waals surface area contributed by atoms with Crippen molar-refractivity contribution in [3.05, 3.63) is 65.9 Å². The van der Waals surface area contributed by atoms with Crippen LogP contribution < -0.4 is 4.74 Å². The molecule has 1 aromatic heterocycles. The summed E-state index contributed by atoms with van der Waals surface area (Å²) in [6, 6.07) is 15.8. The fraction of sp³-hybridized carbons (Fsp3) is 0.211. The van der Waals surface area contributed by atoms with Crippen molar-refractivity contribution in [1.29, 1.82) is 0 Å². The monoisotopic (exact) mass is 308 g/mol. The van der Waals surface area contributed by atoms with Gasteiger partial charge in [-0.15, -0.1) is 0 Å². The molecule has 23 heavy (non-hydrogen) atoms. The van der Waals surface area contributed by atoms with E-state index in [1.54, 1.807) is 11.9 Å². The van der Waals surface area contributed by atoms with Crippen molar-refractivity contribution in [1.82, 2.24) is 9.88 Å².